The zero-order chi connectivity index (χ0) is 10.6. The lowest BCUT2D eigenvalue weighted by molar-refractivity contribution is -0.117. The summed E-state index contributed by atoms with van der Waals surface area (Å²) in [5, 5.41) is -0.532. The molecule has 4 heteroatoms. The Balaban J connectivity index is 2.80. The maximum absolute atomic E-state index is 10.7. The second-order valence-electron chi connectivity index (χ2n) is 2.72. The largest absolute Gasteiger partial charge is 0.493 e. The molecule has 14 heavy (non-hydrogen) atoms. The summed E-state index contributed by atoms with van der Waals surface area (Å²) in [5.41, 5.74) is 0. The van der Waals surface area contributed by atoms with E-state index in [1.165, 1.54) is 7.11 Å². The van der Waals surface area contributed by atoms with E-state index < -0.39 is 11.3 Å². The number of hydrogen-bond acceptors (Lipinski definition) is 3. The van der Waals surface area contributed by atoms with Gasteiger partial charge in [0, 0.05) is 0 Å². The Bertz CT molecular complexity index is 325. The molecular weight excluding hydrogens is 204 g/mol. The monoisotopic (exact) mass is 214 g/mol. The molecule has 3 nitrogen and oxygen atoms in total. The first-order valence-corrected chi connectivity index (χ1v) is 4.52. The molecule has 1 unspecified atom stereocenters. The van der Waals surface area contributed by atoms with Crippen LogP contribution >= 0.6 is 11.6 Å². The first-order chi connectivity index (χ1) is 6.65. The fourth-order valence-electron chi connectivity index (χ4n) is 0.953. The van der Waals surface area contributed by atoms with Gasteiger partial charge in [0.05, 0.1) is 7.11 Å². The summed E-state index contributed by atoms with van der Waals surface area (Å²) in [6, 6.07) is 7.08. The van der Waals surface area contributed by atoms with E-state index in [4.69, 9.17) is 21.1 Å². The molecular formula is C10H11ClO3. The van der Waals surface area contributed by atoms with Crippen LogP contribution in [-0.4, -0.2) is 18.5 Å². The average Bonchev–Trinajstić information content (AvgIpc) is 2.18. The molecule has 0 saturated heterocycles. The molecule has 76 valence electrons. The Morgan fingerprint density at radius 3 is 2.43 bits per heavy atom. The summed E-state index contributed by atoms with van der Waals surface area (Å²) in [6.07, 6.45) is -0.673. The molecule has 0 heterocycles. The molecule has 0 amide bonds. The Labute approximate surface area is 87.6 Å². The van der Waals surface area contributed by atoms with Gasteiger partial charge in [-0.2, -0.15) is 0 Å². The Kier molecular flexibility index (Phi) is 3.77. The molecule has 1 aromatic rings. The highest BCUT2D eigenvalue weighted by molar-refractivity contribution is 6.64. The van der Waals surface area contributed by atoms with E-state index in [-0.39, 0.29) is 0 Å². The quantitative estimate of drug-likeness (QED) is 0.721. The van der Waals surface area contributed by atoms with Crippen molar-refractivity contribution in [2.75, 3.05) is 7.11 Å². The molecule has 0 spiro atoms. The third-order valence-corrected chi connectivity index (χ3v) is 2.00. The number of para-hydroxylation sites is 2. The van der Waals surface area contributed by atoms with Crippen LogP contribution in [0.4, 0.5) is 0 Å². The number of methoxy groups -OCH3 is 1. The zero-order valence-electron chi connectivity index (χ0n) is 7.99. The van der Waals surface area contributed by atoms with E-state index in [1.54, 1.807) is 25.1 Å². The van der Waals surface area contributed by atoms with Gasteiger partial charge >= 0.3 is 0 Å². The minimum absolute atomic E-state index is 0.511. The van der Waals surface area contributed by atoms with Crippen LogP contribution in [0, 0.1) is 0 Å². The van der Waals surface area contributed by atoms with Gasteiger partial charge in [-0.05, 0) is 30.7 Å². The van der Waals surface area contributed by atoms with E-state index in [0.29, 0.717) is 11.5 Å². The molecule has 0 fully saturated rings. The lowest BCUT2D eigenvalue weighted by Gasteiger charge is -2.13. The summed E-state index contributed by atoms with van der Waals surface area (Å²) in [5.74, 6) is 1.09. The predicted molar refractivity (Wildman–Crippen MR) is 53.9 cm³/mol. The fourth-order valence-corrected chi connectivity index (χ4v) is 0.997. The van der Waals surface area contributed by atoms with Gasteiger partial charge in [-0.1, -0.05) is 12.1 Å². The highest BCUT2D eigenvalue weighted by Crippen LogP contribution is 2.26. The number of rotatable bonds is 4. The van der Waals surface area contributed by atoms with Crippen molar-refractivity contribution in [2.24, 2.45) is 0 Å². The summed E-state index contributed by atoms with van der Waals surface area (Å²) in [7, 11) is 1.54. The summed E-state index contributed by atoms with van der Waals surface area (Å²) in [6.45, 7) is 1.59. The van der Waals surface area contributed by atoms with Crippen LogP contribution in [0.3, 0.4) is 0 Å². The molecule has 0 aliphatic carbocycles. The van der Waals surface area contributed by atoms with Crippen molar-refractivity contribution in [3.63, 3.8) is 0 Å². The smallest absolute Gasteiger partial charge is 0.262 e. The molecule has 1 atom stereocenters. The molecule has 0 N–H and O–H groups in total. The molecule has 1 aromatic carbocycles. The summed E-state index contributed by atoms with van der Waals surface area (Å²) in [4.78, 5) is 10.7. The van der Waals surface area contributed by atoms with E-state index in [2.05, 4.69) is 0 Å². The second kappa shape index (κ2) is 4.86. The van der Waals surface area contributed by atoms with Gasteiger partial charge in [0.25, 0.3) is 5.24 Å². The van der Waals surface area contributed by atoms with Crippen LogP contribution in [0.1, 0.15) is 6.92 Å². The van der Waals surface area contributed by atoms with Crippen molar-refractivity contribution in [1.82, 2.24) is 0 Å². The summed E-state index contributed by atoms with van der Waals surface area (Å²) < 4.78 is 10.3. The maximum Gasteiger partial charge on any atom is 0.262 e. The molecule has 0 saturated carbocycles. The third kappa shape index (κ3) is 2.64. The van der Waals surface area contributed by atoms with Gasteiger partial charge < -0.3 is 9.47 Å². The number of carbonyl (C=O) groups is 1. The number of halogens is 1. The van der Waals surface area contributed by atoms with Crippen molar-refractivity contribution < 1.29 is 14.3 Å². The second-order valence-corrected chi connectivity index (χ2v) is 3.09. The Morgan fingerprint density at radius 1 is 1.36 bits per heavy atom. The minimum atomic E-state index is -0.673. The number of hydrogen-bond donors (Lipinski definition) is 0. The molecule has 0 aromatic heterocycles. The van der Waals surface area contributed by atoms with Crippen LogP contribution in [0.2, 0.25) is 0 Å². The molecule has 0 bridgehead atoms. The van der Waals surface area contributed by atoms with Crippen molar-refractivity contribution >= 4 is 16.8 Å². The van der Waals surface area contributed by atoms with Gasteiger partial charge in [-0.25, -0.2) is 0 Å². The van der Waals surface area contributed by atoms with E-state index in [0.717, 1.165) is 0 Å². The van der Waals surface area contributed by atoms with Gasteiger partial charge in [-0.3, -0.25) is 4.79 Å². The van der Waals surface area contributed by atoms with Crippen molar-refractivity contribution in [2.45, 2.75) is 13.0 Å². The lowest BCUT2D eigenvalue weighted by Crippen LogP contribution is -2.19. The fraction of sp³-hybridized carbons (Fsp3) is 0.300. The van der Waals surface area contributed by atoms with E-state index >= 15 is 0 Å². The van der Waals surface area contributed by atoms with Crippen molar-refractivity contribution in [3.8, 4) is 11.5 Å². The summed E-state index contributed by atoms with van der Waals surface area (Å²) >= 11 is 5.27. The number of carbonyl (C=O) groups excluding carboxylic acids is 1. The van der Waals surface area contributed by atoms with Crippen LogP contribution < -0.4 is 9.47 Å². The van der Waals surface area contributed by atoms with Gasteiger partial charge in [-0.15, -0.1) is 0 Å². The standard InChI is InChI=1S/C10H11ClO3/c1-7(10(11)12)14-9-6-4-3-5-8(9)13-2/h3-7H,1-2H3. The number of ether oxygens (including phenoxy) is 2. The van der Waals surface area contributed by atoms with Crippen LogP contribution in [0.15, 0.2) is 24.3 Å². The van der Waals surface area contributed by atoms with Crippen LogP contribution in [-0.2, 0) is 4.79 Å². The first-order valence-electron chi connectivity index (χ1n) is 4.14. The third-order valence-electron chi connectivity index (χ3n) is 1.69. The topological polar surface area (TPSA) is 35.5 Å². The molecule has 1 rings (SSSR count). The highest BCUT2D eigenvalue weighted by atomic mass is 35.5. The maximum atomic E-state index is 10.7. The normalized spacial score (nSPS) is 11.9. The minimum Gasteiger partial charge on any atom is -0.493 e. The highest BCUT2D eigenvalue weighted by Gasteiger charge is 2.13. The van der Waals surface area contributed by atoms with Crippen molar-refractivity contribution in [1.29, 1.82) is 0 Å². The molecule has 0 aliphatic heterocycles. The van der Waals surface area contributed by atoms with E-state index in [1.807, 2.05) is 6.07 Å². The van der Waals surface area contributed by atoms with Crippen molar-refractivity contribution in [3.05, 3.63) is 24.3 Å². The number of benzene rings is 1. The first kappa shape index (κ1) is 10.9. The lowest BCUT2D eigenvalue weighted by atomic mass is 10.3. The predicted octanol–water partition coefficient (Wildman–Crippen LogP) is 2.23. The zero-order valence-corrected chi connectivity index (χ0v) is 8.75. The molecule has 0 radical (unpaired) electrons. The Hall–Kier alpha value is -1.22. The average molecular weight is 215 g/mol. The van der Waals surface area contributed by atoms with Crippen LogP contribution in [0.5, 0.6) is 11.5 Å². The van der Waals surface area contributed by atoms with Gasteiger partial charge in [0.2, 0.25) is 0 Å². The van der Waals surface area contributed by atoms with Gasteiger partial charge in [0.15, 0.2) is 17.6 Å². The molecule has 0 aliphatic rings. The van der Waals surface area contributed by atoms with Gasteiger partial charge in [0.1, 0.15) is 0 Å². The Morgan fingerprint density at radius 2 is 1.93 bits per heavy atom. The SMILES string of the molecule is COc1ccccc1OC(C)C(=O)Cl. The van der Waals surface area contributed by atoms with E-state index in [9.17, 15) is 4.79 Å². The van der Waals surface area contributed by atoms with Crippen LogP contribution in [0.25, 0.3) is 0 Å².